The van der Waals surface area contributed by atoms with Crippen LogP contribution in [0, 0.1) is 11.8 Å². The Hall–Kier alpha value is -1.94. The Morgan fingerprint density at radius 1 is 0.269 bits per heavy atom. The molecule has 17 nitrogen and oxygen atoms in total. The smallest absolute Gasteiger partial charge is 0.462 e. The van der Waals surface area contributed by atoms with Crippen molar-refractivity contribution in [1.29, 1.82) is 0 Å². The van der Waals surface area contributed by atoms with E-state index in [-0.39, 0.29) is 25.7 Å². The molecule has 4 unspecified atom stereocenters. The number of carbonyl (C=O) groups is 4. The number of carbonyl (C=O) groups excluding carboxylic acids is 4. The van der Waals surface area contributed by atoms with Crippen LogP contribution in [-0.4, -0.2) is 96.7 Å². The highest BCUT2D eigenvalue weighted by atomic mass is 31.2. The number of hydrogen-bond donors (Lipinski definition) is 3. The zero-order valence-electron chi connectivity index (χ0n) is 68.3. The Morgan fingerprint density at radius 3 is 0.683 bits per heavy atom. The van der Waals surface area contributed by atoms with Gasteiger partial charge in [0.1, 0.15) is 19.3 Å². The van der Waals surface area contributed by atoms with Gasteiger partial charge in [-0.2, -0.15) is 0 Å². The number of phosphoric ester groups is 2. The first kappa shape index (κ1) is 102. The molecule has 0 aliphatic carbocycles. The lowest BCUT2D eigenvalue weighted by molar-refractivity contribution is -0.161. The summed E-state index contributed by atoms with van der Waals surface area (Å²) in [6.07, 6.45) is 68.0. The number of ether oxygens (including phenoxy) is 4. The normalized spacial score (nSPS) is 14.4. The van der Waals surface area contributed by atoms with Gasteiger partial charge in [-0.25, -0.2) is 9.13 Å². The van der Waals surface area contributed by atoms with Crippen LogP contribution < -0.4 is 0 Å². The van der Waals surface area contributed by atoms with Crippen molar-refractivity contribution in [3.63, 3.8) is 0 Å². The lowest BCUT2D eigenvalue weighted by Gasteiger charge is -2.21. The Bertz CT molecular complexity index is 2000. The zero-order chi connectivity index (χ0) is 76.4. The highest BCUT2D eigenvalue weighted by Gasteiger charge is 2.30. The molecule has 0 rings (SSSR count). The summed E-state index contributed by atoms with van der Waals surface area (Å²) in [6.45, 7) is 9.71. The van der Waals surface area contributed by atoms with Gasteiger partial charge in [0.2, 0.25) is 0 Å². The standard InChI is InChI=1S/C85H166O17P2/c1-7-11-13-15-17-19-21-23-24-25-26-27-28-29-30-31-36-40-44-51-57-63-69-84(89)101-80(73-95-83(88)68-62-56-50-43-39-35-33-32-34-37-41-47-53-59-65-77(5)9-3)75-99-103(91,92)97-71-79(86)72-98-104(93,94)100-76-81(102-85(90)70-64-58-52-46-45-48-54-60-66-78(6)10-4)74-96-82(87)67-61-55-49-42-38-22-20-18-16-14-12-8-2/h77-81,86H,7-76H2,1-6H3,(H,91,92)(H,93,94)/t77?,78?,79-,80-,81-/m1/s1. The summed E-state index contributed by atoms with van der Waals surface area (Å²) >= 11 is 0. The quantitative estimate of drug-likeness (QED) is 0.0222. The number of phosphoric acid groups is 2. The SMILES string of the molecule is CCCCCCCCCCCCCCCCCCCCCCCCC(=O)O[C@H](COC(=O)CCCCCCCCCCCCCCCCC(C)CC)COP(=O)(O)OC[C@@H](O)COP(=O)(O)OC[C@@H](COC(=O)CCCCCCCCCCCCCC)OC(=O)CCCCCCCCCCC(C)CC. The van der Waals surface area contributed by atoms with Crippen molar-refractivity contribution in [2.45, 2.75) is 471 Å². The van der Waals surface area contributed by atoms with Crippen LogP contribution in [0.15, 0.2) is 0 Å². The van der Waals surface area contributed by atoms with E-state index >= 15 is 0 Å². The van der Waals surface area contributed by atoms with Crippen LogP contribution in [0.1, 0.15) is 452 Å². The molecular weight excluding hydrogens is 1350 g/mol. The molecule has 0 heterocycles. The van der Waals surface area contributed by atoms with Gasteiger partial charge in [0, 0.05) is 25.7 Å². The fourth-order valence-electron chi connectivity index (χ4n) is 13.2. The molecule has 0 aromatic rings. The van der Waals surface area contributed by atoms with Gasteiger partial charge in [-0.05, 0) is 37.5 Å². The second kappa shape index (κ2) is 76.4. The topological polar surface area (TPSA) is 237 Å². The molecule has 19 heteroatoms. The summed E-state index contributed by atoms with van der Waals surface area (Å²) in [4.78, 5) is 73.2. The van der Waals surface area contributed by atoms with Crippen molar-refractivity contribution in [3.8, 4) is 0 Å². The molecule has 0 spiro atoms. The molecule has 0 saturated heterocycles. The number of rotatable bonds is 84. The molecule has 3 N–H and O–H groups in total. The first-order valence-corrected chi connectivity index (χ1v) is 47.1. The molecule has 0 aromatic heterocycles. The lowest BCUT2D eigenvalue weighted by atomic mass is 9.99. The molecule has 618 valence electrons. The summed E-state index contributed by atoms with van der Waals surface area (Å²) in [5.41, 5.74) is 0. The van der Waals surface area contributed by atoms with Crippen LogP contribution in [0.3, 0.4) is 0 Å². The lowest BCUT2D eigenvalue weighted by Crippen LogP contribution is -2.30. The van der Waals surface area contributed by atoms with Crippen molar-refractivity contribution >= 4 is 39.5 Å². The average molecular weight is 1520 g/mol. The molecule has 0 aliphatic rings. The highest BCUT2D eigenvalue weighted by Crippen LogP contribution is 2.45. The minimum Gasteiger partial charge on any atom is -0.462 e. The molecule has 0 fully saturated rings. The fraction of sp³-hybridized carbons (Fsp3) is 0.953. The van der Waals surface area contributed by atoms with Crippen molar-refractivity contribution in [3.05, 3.63) is 0 Å². The minimum absolute atomic E-state index is 0.106. The Kier molecular flexibility index (Phi) is 75.0. The molecule has 7 atom stereocenters. The first-order valence-electron chi connectivity index (χ1n) is 44.1. The second-order valence-electron chi connectivity index (χ2n) is 31.1. The largest absolute Gasteiger partial charge is 0.472 e. The maximum atomic E-state index is 13.1. The maximum absolute atomic E-state index is 13.1. The van der Waals surface area contributed by atoms with Crippen LogP contribution in [0.2, 0.25) is 0 Å². The van der Waals surface area contributed by atoms with Gasteiger partial charge in [-0.1, -0.05) is 401 Å². The van der Waals surface area contributed by atoms with Gasteiger partial charge in [0.05, 0.1) is 26.4 Å². The minimum atomic E-state index is -4.97. The van der Waals surface area contributed by atoms with Gasteiger partial charge in [-0.15, -0.1) is 0 Å². The van der Waals surface area contributed by atoms with Gasteiger partial charge in [-0.3, -0.25) is 37.3 Å². The predicted octanol–water partition coefficient (Wildman–Crippen LogP) is 25.8. The molecule has 0 radical (unpaired) electrons. The van der Waals surface area contributed by atoms with Crippen molar-refractivity contribution in [1.82, 2.24) is 0 Å². The summed E-state index contributed by atoms with van der Waals surface area (Å²) < 4.78 is 68.8. The molecule has 0 aromatic carbocycles. The van der Waals surface area contributed by atoms with Crippen LogP contribution in [0.5, 0.6) is 0 Å². The monoisotopic (exact) mass is 1520 g/mol. The number of unbranched alkanes of at least 4 members (excludes halogenated alkanes) is 52. The molecule has 0 bridgehead atoms. The third-order valence-electron chi connectivity index (χ3n) is 20.7. The average Bonchev–Trinajstić information content (AvgIpc) is 0.908. The van der Waals surface area contributed by atoms with Gasteiger partial charge in [0.15, 0.2) is 12.2 Å². The van der Waals surface area contributed by atoms with E-state index < -0.39 is 97.5 Å². The van der Waals surface area contributed by atoms with Crippen LogP contribution >= 0.6 is 15.6 Å². The first-order chi connectivity index (χ1) is 50.4. The van der Waals surface area contributed by atoms with E-state index in [2.05, 4.69) is 41.5 Å². The second-order valence-corrected chi connectivity index (χ2v) is 34.0. The molecule has 0 amide bonds. The van der Waals surface area contributed by atoms with E-state index in [1.165, 1.54) is 270 Å². The molecular formula is C85H166O17P2. The summed E-state index contributed by atoms with van der Waals surface area (Å²) in [7, 11) is -9.93. The third-order valence-corrected chi connectivity index (χ3v) is 22.6. The van der Waals surface area contributed by atoms with Crippen LogP contribution in [0.4, 0.5) is 0 Å². The summed E-state index contributed by atoms with van der Waals surface area (Å²) in [6, 6.07) is 0. The van der Waals surface area contributed by atoms with E-state index in [1.807, 2.05) is 0 Å². The summed E-state index contributed by atoms with van der Waals surface area (Å²) in [5, 5.41) is 10.7. The van der Waals surface area contributed by atoms with Gasteiger partial charge in [0.25, 0.3) is 0 Å². The van der Waals surface area contributed by atoms with Gasteiger partial charge >= 0.3 is 39.5 Å². The van der Waals surface area contributed by atoms with Gasteiger partial charge < -0.3 is 33.8 Å². The zero-order valence-corrected chi connectivity index (χ0v) is 70.1. The number of hydrogen-bond acceptors (Lipinski definition) is 15. The highest BCUT2D eigenvalue weighted by molar-refractivity contribution is 7.47. The van der Waals surface area contributed by atoms with E-state index in [1.54, 1.807) is 0 Å². The van der Waals surface area contributed by atoms with Crippen LogP contribution in [0.25, 0.3) is 0 Å². The van der Waals surface area contributed by atoms with Crippen LogP contribution in [-0.2, 0) is 65.4 Å². The van der Waals surface area contributed by atoms with E-state index in [0.29, 0.717) is 25.7 Å². The molecule has 104 heavy (non-hydrogen) atoms. The number of esters is 4. The summed E-state index contributed by atoms with van der Waals surface area (Å²) in [5.74, 6) is -0.486. The van der Waals surface area contributed by atoms with E-state index in [4.69, 9.17) is 37.0 Å². The van der Waals surface area contributed by atoms with Crippen molar-refractivity contribution in [2.24, 2.45) is 11.8 Å². The fourth-order valence-corrected chi connectivity index (χ4v) is 14.8. The number of aliphatic hydroxyl groups excluding tert-OH is 1. The molecule has 0 aliphatic heterocycles. The maximum Gasteiger partial charge on any atom is 0.472 e. The van der Waals surface area contributed by atoms with E-state index in [0.717, 1.165) is 102 Å². The third kappa shape index (κ3) is 75.5. The Labute approximate surface area is 638 Å². The number of aliphatic hydroxyl groups is 1. The molecule has 0 saturated carbocycles. The van der Waals surface area contributed by atoms with Crippen molar-refractivity contribution in [2.75, 3.05) is 39.6 Å². The Morgan fingerprint density at radius 2 is 0.462 bits per heavy atom. The van der Waals surface area contributed by atoms with Crippen molar-refractivity contribution < 1.29 is 80.2 Å². The predicted molar refractivity (Wildman–Crippen MR) is 428 cm³/mol. The van der Waals surface area contributed by atoms with E-state index in [9.17, 15) is 43.2 Å². The Balaban J connectivity index is 5.23.